The normalized spacial score (nSPS) is 19.3. The molecule has 5 nitrogen and oxygen atoms in total. The molecule has 0 amide bonds. The molecule has 1 aromatic heterocycles. The van der Waals surface area contributed by atoms with Crippen LogP contribution >= 0.6 is 0 Å². The van der Waals surface area contributed by atoms with E-state index < -0.39 is 0 Å². The predicted octanol–water partition coefficient (Wildman–Crippen LogP) is 2.28. The van der Waals surface area contributed by atoms with Gasteiger partial charge in [-0.2, -0.15) is 0 Å². The van der Waals surface area contributed by atoms with Gasteiger partial charge in [0.2, 0.25) is 0 Å². The van der Waals surface area contributed by atoms with Crippen molar-refractivity contribution in [2.24, 2.45) is 0 Å². The molecule has 0 unspecified atom stereocenters. The summed E-state index contributed by atoms with van der Waals surface area (Å²) in [5, 5.41) is 9.17. The van der Waals surface area contributed by atoms with E-state index in [1.54, 1.807) is 0 Å². The highest BCUT2D eigenvalue weighted by molar-refractivity contribution is 6.62. The van der Waals surface area contributed by atoms with Gasteiger partial charge in [0.1, 0.15) is 5.82 Å². The van der Waals surface area contributed by atoms with Crippen molar-refractivity contribution in [1.82, 2.24) is 9.55 Å². The van der Waals surface area contributed by atoms with Gasteiger partial charge < -0.3 is 19.0 Å². The van der Waals surface area contributed by atoms with Crippen molar-refractivity contribution in [3.8, 4) is 0 Å². The van der Waals surface area contributed by atoms with Gasteiger partial charge in [0, 0.05) is 19.6 Å². The van der Waals surface area contributed by atoms with Crippen LogP contribution in [0.1, 0.15) is 46.9 Å². The van der Waals surface area contributed by atoms with Crippen LogP contribution in [0, 0.1) is 0 Å². The Morgan fingerprint density at radius 2 is 1.83 bits per heavy atom. The minimum atomic E-state index is -0.370. The molecule has 0 bridgehead atoms. The van der Waals surface area contributed by atoms with Crippen LogP contribution in [0.4, 0.5) is 0 Å². The van der Waals surface area contributed by atoms with Crippen molar-refractivity contribution in [1.29, 1.82) is 0 Å². The molecular weight excluding hydrogens is 303 g/mol. The molecule has 1 saturated heterocycles. The van der Waals surface area contributed by atoms with E-state index in [2.05, 4.69) is 45.3 Å². The van der Waals surface area contributed by atoms with Crippen molar-refractivity contribution in [3.63, 3.8) is 0 Å². The lowest BCUT2D eigenvalue weighted by Gasteiger charge is -2.32. The average Bonchev–Trinajstić information content (AvgIpc) is 2.98. The highest BCUT2D eigenvalue weighted by Crippen LogP contribution is 2.36. The summed E-state index contributed by atoms with van der Waals surface area (Å²) in [6.07, 6.45) is 1.59. The summed E-state index contributed by atoms with van der Waals surface area (Å²) in [6.45, 7) is 11.3. The first kappa shape index (κ1) is 17.5. The first-order valence-electron chi connectivity index (χ1n) is 8.74. The van der Waals surface area contributed by atoms with Gasteiger partial charge in [-0.05, 0) is 51.7 Å². The topological polar surface area (TPSA) is 56.5 Å². The third kappa shape index (κ3) is 2.87. The van der Waals surface area contributed by atoms with Gasteiger partial charge >= 0.3 is 7.12 Å². The number of benzene rings is 1. The number of hydrogen-bond donors (Lipinski definition) is 1. The standard InChI is InChI=1S/C18H27BN2O3/c1-6-16-20-14-9-8-13(12-15(14)21(16)10-7-11-22)19-23-17(2,3)18(4,5)24-19/h8-9,12,22H,6-7,10-11H2,1-5H3. The van der Waals surface area contributed by atoms with E-state index in [9.17, 15) is 0 Å². The molecule has 130 valence electrons. The predicted molar refractivity (Wildman–Crippen MR) is 96.5 cm³/mol. The quantitative estimate of drug-likeness (QED) is 0.855. The van der Waals surface area contributed by atoms with Crippen LogP contribution in [0.15, 0.2) is 18.2 Å². The Bertz CT molecular complexity index is 723. The zero-order valence-corrected chi connectivity index (χ0v) is 15.3. The van der Waals surface area contributed by atoms with E-state index in [-0.39, 0.29) is 24.9 Å². The maximum absolute atomic E-state index is 9.17. The molecule has 1 N–H and O–H groups in total. The molecule has 1 fully saturated rings. The van der Waals surface area contributed by atoms with Gasteiger partial charge in [-0.1, -0.05) is 13.0 Å². The summed E-state index contributed by atoms with van der Waals surface area (Å²) >= 11 is 0. The van der Waals surface area contributed by atoms with Crippen molar-refractivity contribution < 1.29 is 14.4 Å². The number of fused-ring (bicyclic) bond motifs is 1. The van der Waals surface area contributed by atoms with Gasteiger partial charge in [0.25, 0.3) is 0 Å². The number of aliphatic hydroxyl groups excluding tert-OH is 1. The van der Waals surface area contributed by atoms with E-state index in [4.69, 9.17) is 19.4 Å². The Labute approximate surface area is 144 Å². The van der Waals surface area contributed by atoms with Crippen molar-refractivity contribution >= 4 is 23.6 Å². The number of aryl methyl sites for hydroxylation is 2. The molecule has 2 heterocycles. The van der Waals surface area contributed by atoms with Crippen LogP contribution in [0.25, 0.3) is 11.0 Å². The van der Waals surface area contributed by atoms with Gasteiger partial charge in [0.15, 0.2) is 0 Å². The van der Waals surface area contributed by atoms with Crippen molar-refractivity contribution in [2.75, 3.05) is 6.61 Å². The SMILES string of the molecule is CCc1nc2ccc(B3OC(C)(C)C(C)(C)O3)cc2n1CCCO. The number of imidazole rings is 1. The van der Waals surface area contributed by atoms with Gasteiger partial charge in [-0.15, -0.1) is 0 Å². The Kier molecular flexibility index (Phi) is 4.49. The third-order valence-corrected chi connectivity index (χ3v) is 5.23. The van der Waals surface area contributed by atoms with Crippen LogP contribution in [-0.4, -0.2) is 39.6 Å². The van der Waals surface area contributed by atoms with E-state index in [1.807, 2.05) is 12.1 Å². The van der Waals surface area contributed by atoms with Crippen LogP contribution in [0.2, 0.25) is 0 Å². The highest BCUT2D eigenvalue weighted by atomic mass is 16.7. The first-order chi connectivity index (χ1) is 11.3. The van der Waals surface area contributed by atoms with Crippen LogP contribution in [-0.2, 0) is 22.3 Å². The lowest BCUT2D eigenvalue weighted by molar-refractivity contribution is 0.00578. The van der Waals surface area contributed by atoms with Gasteiger partial charge in [0.05, 0.1) is 22.2 Å². The second kappa shape index (κ2) is 6.17. The molecule has 0 spiro atoms. The zero-order chi connectivity index (χ0) is 17.5. The number of rotatable bonds is 5. The Morgan fingerprint density at radius 3 is 2.42 bits per heavy atom. The average molecular weight is 330 g/mol. The molecule has 1 aliphatic heterocycles. The van der Waals surface area contributed by atoms with Crippen LogP contribution in [0.3, 0.4) is 0 Å². The molecule has 0 atom stereocenters. The second-order valence-corrected chi connectivity index (χ2v) is 7.45. The number of nitrogens with zero attached hydrogens (tertiary/aromatic N) is 2. The molecule has 2 aromatic rings. The fourth-order valence-corrected chi connectivity index (χ4v) is 3.06. The molecule has 1 aromatic carbocycles. The van der Waals surface area contributed by atoms with Crippen LogP contribution < -0.4 is 5.46 Å². The largest absolute Gasteiger partial charge is 0.494 e. The Hall–Kier alpha value is -1.37. The van der Waals surface area contributed by atoms with Crippen molar-refractivity contribution in [3.05, 3.63) is 24.0 Å². The molecular formula is C18H27BN2O3. The smallest absolute Gasteiger partial charge is 0.399 e. The maximum atomic E-state index is 9.17. The summed E-state index contributed by atoms with van der Waals surface area (Å²) in [6, 6.07) is 6.18. The van der Waals surface area contributed by atoms with E-state index >= 15 is 0 Å². The third-order valence-electron chi connectivity index (χ3n) is 5.23. The highest BCUT2D eigenvalue weighted by Gasteiger charge is 2.51. The lowest BCUT2D eigenvalue weighted by atomic mass is 9.79. The van der Waals surface area contributed by atoms with E-state index in [0.29, 0.717) is 0 Å². The minimum absolute atomic E-state index is 0.180. The summed E-state index contributed by atoms with van der Waals surface area (Å²) in [7, 11) is -0.370. The maximum Gasteiger partial charge on any atom is 0.494 e. The zero-order valence-electron chi connectivity index (χ0n) is 15.3. The Morgan fingerprint density at radius 1 is 1.17 bits per heavy atom. The molecule has 0 radical (unpaired) electrons. The molecule has 1 aliphatic rings. The fourth-order valence-electron chi connectivity index (χ4n) is 3.06. The monoisotopic (exact) mass is 330 g/mol. The summed E-state index contributed by atoms with van der Waals surface area (Å²) < 4.78 is 14.5. The molecule has 24 heavy (non-hydrogen) atoms. The molecule has 0 saturated carbocycles. The second-order valence-electron chi connectivity index (χ2n) is 7.45. The van der Waals surface area contributed by atoms with Crippen LogP contribution in [0.5, 0.6) is 0 Å². The molecule has 6 heteroatoms. The van der Waals surface area contributed by atoms with Gasteiger partial charge in [-0.25, -0.2) is 4.98 Å². The summed E-state index contributed by atoms with van der Waals surface area (Å²) in [4.78, 5) is 4.71. The lowest BCUT2D eigenvalue weighted by Crippen LogP contribution is -2.41. The van der Waals surface area contributed by atoms with E-state index in [1.165, 1.54) is 0 Å². The summed E-state index contributed by atoms with van der Waals surface area (Å²) in [5.41, 5.74) is 2.36. The Balaban J connectivity index is 1.99. The molecule has 0 aliphatic carbocycles. The number of hydrogen-bond acceptors (Lipinski definition) is 4. The fraction of sp³-hybridized carbons (Fsp3) is 0.611. The number of aliphatic hydroxyl groups is 1. The van der Waals surface area contributed by atoms with Crippen molar-refractivity contribution in [2.45, 2.75) is 65.2 Å². The molecule has 3 rings (SSSR count). The minimum Gasteiger partial charge on any atom is -0.399 e. The van der Waals surface area contributed by atoms with E-state index in [0.717, 1.165) is 41.7 Å². The first-order valence-corrected chi connectivity index (χ1v) is 8.74. The van der Waals surface area contributed by atoms with Gasteiger partial charge in [-0.3, -0.25) is 0 Å². The number of aromatic nitrogens is 2. The summed E-state index contributed by atoms with van der Waals surface area (Å²) in [5.74, 6) is 1.05.